The van der Waals surface area contributed by atoms with Crippen molar-refractivity contribution in [2.45, 2.75) is 51.3 Å². The summed E-state index contributed by atoms with van der Waals surface area (Å²) in [6.45, 7) is 5.20. The second-order valence-corrected chi connectivity index (χ2v) is 12.6. The Morgan fingerprint density at radius 3 is 1.98 bits per heavy atom. The van der Waals surface area contributed by atoms with Gasteiger partial charge in [-0.3, -0.25) is 19.2 Å². The van der Waals surface area contributed by atoms with Crippen molar-refractivity contribution in [1.29, 1.82) is 0 Å². The molecule has 0 saturated heterocycles. The zero-order valence-corrected chi connectivity index (χ0v) is 24.6. The van der Waals surface area contributed by atoms with Gasteiger partial charge in [-0.05, 0) is 42.7 Å². The molecule has 0 unspecified atom stereocenters. The highest BCUT2D eigenvalue weighted by atomic mass is 32.2. The lowest BCUT2D eigenvalue weighted by molar-refractivity contribution is -0.142. The maximum Gasteiger partial charge on any atom is 0.410 e. The van der Waals surface area contributed by atoms with Gasteiger partial charge < -0.3 is 9.64 Å². The number of rotatable bonds is 9. The van der Waals surface area contributed by atoms with Crippen molar-refractivity contribution in [3.05, 3.63) is 83.9 Å². The third-order valence-electron chi connectivity index (χ3n) is 6.35. The van der Waals surface area contributed by atoms with Gasteiger partial charge in [-0.15, -0.1) is 0 Å². The van der Waals surface area contributed by atoms with E-state index in [2.05, 4.69) is 0 Å². The summed E-state index contributed by atoms with van der Waals surface area (Å²) in [5, 5.41) is 2.01. The molecule has 3 rings (SSSR count). The molecule has 0 aliphatic heterocycles. The maximum atomic E-state index is 14.1. The molecule has 3 aromatic carbocycles. The van der Waals surface area contributed by atoms with E-state index >= 15 is 0 Å². The van der Waals surface area contributed by atoms with Crippen LogP contribution in [0, 0.1) is 0 Å². The Bertz CT molecular complexity index is 1470. The van der Waals surface area contributed by atoms with Crippen molar-refractivity contribution in [3.63, 3.8) is 0 Å². The van der Waals surface area contributed by atoms with Crippen molar-refractivity contribution < 1.29 is 27.5 Å². The number of nitrogens with one attached hydrogen (secondary N) is 1. The van der Waals surface area contributed by atoms with E-state index in [0.29, 0.717) is 0 Å². The molecular formula is C30H37N3O6S. The highest BCUT2D eigenvalue weighted by Crippen LogP contribution is 2.21. The van der Waals surface area contributed by atoms with Gasteiger partial charge in [0.05, 0.1) is 6.26 Å². The largest absolute Gasteiger partial charge is 0.444 e. The maximum absolute atomic E-state index is 14.1. The van der Waals surface area contributed by atoms with Crippen molar-refractivity contribution >= 4 is 38.7 Å². The van der Waals surface area contributed by atoms with Gasteiger partial charge in [-0.1, -0.05) is 72.8 Å². The summed E-state index contributed by atoms with van der Waals surface area (Å²) in [4.78, 5) is 42.7. The first-order valence-electron chi connectivity index (χ1n) is 12.9. The molecular weight excluding hydrogens is 530 g/mol. The van der Waals surface area contributed by atoms with E-state index in [9.17, 15) is 22.8 Å². The van der Waals surface area contributed by atoms with E-state index in [1.165, 1.54) is 23.9 Å². The van der Waals surface area contributed by atoms with E-state index in [0.717, 1.165) is 28.2 Å². The number of ether oxygens (including phenoxy) is 1. The molecule has 0 fully saturated rings. The predicted molar refractivity (Wildman–Crippen MR) is 155 cm³/mol. The van der Waals surface area contributed by atoms with Gasteiger partial charge in [-0.2, -0.15) is 0 Å². The van der Waals surface area contributed by atoms with Crippen LogP contribution in [0.4, 0.5) is 4.79 Å². The van der Waals surface area contributed by atoms with E-state index in [4.69, 9.17) is 4.74 Å². The van der Waals surface area contributed by atoms with Gasteiger partial charge in [0, 0.05) is 26.9 Å². The Morgan fingerprint density at radius 2 is 1.38 bits per heavy atom. The molecule has 0 aliphatic rings. The first-order valence-corrected chi connectivity index (χ1v) is 14.8. The van der Waals surface area contributed by atoms with Crippen LogP contribution in [0.2, 0.25) is 0 Å². The number of amides is 3. The summed E-state index contributed by atoms with van der Waals surface area (Å²) in [5.74, 6) is -1.38. The fraction of sp³-hybridized carbons (Fsp3) is 0.367. The molecule has 0 saturated carbocycles. The van der Waals surface area contributed by atoms with Gasteiger partial charge >= 0.3 is 6.09 Å². The normalized spacial score (nSPS) is 13.2. The van der Waals surface area contributed by atoms with Crippen molar-refractivity contribution in [2.75, 3.05) is 20.4 Å². The Balaban J connectivity index is 1.99. The minimum atomic E-state index is -3.88. The number of nitrogens with zero attached hydrogens (tertiary/aromatic N) is 2. The molecule has 0 radical (unpaired) electrons. The minimum absolute atomic E-state index is 0.0727. The molecule has 1 N–H and O–H groups in total. The number of likely N-dealkylation sites (N-methyl/N-ethyl adjacent to an activating group) is 2. The van der Waals surface area contributed by atoms with Gasteiger partial charge in [0.25, 0.3) is 5.91 Å². The summed E-state index contributed by atoms with van der Waals surface area (Å²) < 4.78 is 31.3. The predicted octanol–water partition coefficient (Wildman–Crippen LogP) is 3.76. The number of carbonyl (C=O) groups is 3. The van der Waals surface area contributed by atoms with Crippen LogP contribution in [0.15, 0.2) is 72.8 Å². The van der Waals surface area contributed by atoms with Gasteiger partial charge in [0.1, 0.15) is 17.7 Å². The molecule has 3 aromatic rings. The second kappa shape index (κ2) is 12.5. The summed E-state index contributed by atoms with van der Waals surface area (Å²) >= 11 is 0. The van der Waals surface area contributed by atoms with Crippen LogP contribution in [0.1, 0.15) is 31.9 Å². The van der Waals surface area contributed by atoms with Crippen molar-refractivity contribution in [1.82, 2.24) is 14.5 Å². The molecule has 0 spiro atoms. The lowest BCUT2D eigenvalue weighted by Crippen LogP contribution is -2.56. The van der Waals surface area contributed by atoms with Gasteiger partial charge in [0.15, 0.2) is 0 Å². The lowest BCUT2D eigenvalue weighted by Gasteiger charge is -2.35. The summed E-state index contributed by atoms with van der Waals surface area (Å²) in [6.07, 6.45) is 0.407. The standard InChI is InChI=1S/C30H37N3O6S/c1-30(2,3)39-29(36)33(5)26(20-22-16-17-23-14-10-11-15-24(23)18-22)28(35)32(4)25(27(34)31-40(6,37)38)19-21-12-8-7-9-13-21/h7-18,25-26H,19-20H2,1-6H3,(H,31,34)/t25-,26-/m1/s1. The molecule has 3 amide bonds. The molecule has 0 bridgehead atoms. The van der Waals surface area contributed by atoms with E-state index in [1.54, 1.807) is 45.0 Å². The highest BCUT2D eigenvalue weighted by molar-refractivity contribution is 7.89. The fourth-order valence-electron chi connectivity index (χ4n) is 4.32. The average molecular weight is 568 g/mol. The van der Waals surface area contributed by atoms with Crippen molar-refractivity contribution in [2.24, 2.45) is 0 Å². The smallest absolute Gasteiger partial charge is 0.410 e. The van der Waals surface area contributed by atoms with Gasteiger partial charge in [-0.25, -0.2) is 13.2 Å². The number of carbonyl (C=O) groups excluding carboxylic acids is 3. The van der Waals surface area contributed by atoms with Crippen LogP contribution < -0.4 is 4.72 Å². The number of fused-ring (bicyclic) bond motifs is 1. The Hall–Kier alpha value is -3.92. The Kier molecular flexibility index (Phi) is 9.57. The molecule has 0 aromatic heterocycles. The van der Waals surface area contributed by atoms with Gasteiger partial charge in [0.2, 0.25) is 15.9 Å². The zero-order chi connectivity index (χ0) is 29.7. The van der Waals surface area contributed by atoms with Crippen LogP contribution >= 0.6 is 0 Å². The quantitative estimate of drug-likeness (QED) is 0.421. The summed E-state index contributed by atoms with van der Waals surface area (Å²) in [7, 11) is -0.963. The molecule has 9 nitrogen and oxygen atoms in total. The minimum Gasteiger partial charge on any atom is -0.444 e. The Labute approximate surface area is 236 Å². The summed E-state index contributed by atoms with van der Waals surface area (Å²) in [5.41, 5.74) is 0.752. The second-order valence-electron chi connectivity index (χ2n) is 10.9. The fourth-order valence-corrected chi connectivity index (χ4v) is 4.82. The van der Waals surface area contributed by atoms with E-state index in [1.807, 2.05) is 53.3 Å². The topological polar surface area (TPSA) is 113 Å². The van der Waals surface area contributed by atoms with Crippen LogP contribution in [-0.2, 0) is 37.2 Å². The average Bonchev–Trinajstić information content (AvgIpc) is 2.87. The zero-order valence-electron chi connectivity index (χ0n) is 23.7. The summed E-state index contributed by atoms with van der Waals surface area (Å²) in [6, 6.07) is 20.4. The molecule has 214 valence electrons. The van der Waals surface area contributed by atoms with Crippen molar-refractivity contribution in [3.8, 4) is 0 Å². The number of benzene rings is 3. The third-order valence-corrected chi connectivity index (χ3v) is 6.92. The first kappa shape index (κ1) is 30.6. The molecule has 0 heterocycles. The first-order chi connectivity index (χ1) is 18.6. The number of hydrogen-bond acceptors (Lipinski definition) is 6. The van der Waals surface area contributed by atoms with Crippen LogP contribution in [0.5, 0.6) is 0 Å². The SMILES string of the molecule is CN(C(=O)OC(C)(C)C)[C@H](Cc1ccc2ccccc2c1)C(=O)N(C)[C@H](Cc1ccccc1)C(=O)NS(C)(=O)=O. The van der Waals surface area contributed by atoms with Crippen LogP contribution in [0.3, 0.4) is 0 Å². The molecule has 40 heavy (non-hydrogen) atoms. The monoisotopic (exact) mass is 567 g/mol. The van der Waals surface area contributed by atoms with E-state index in [-0.39, 0.29) is 12.8 Å². The third kappa shape index (κ3) is 8.54. The highest BCUT2D eigenvalue weighted by Gasteiger charge is 2.37. The molecule has 2 atom stereocenters. The Morgan fingerprint density at radius 1 is 0.800 bits per heavy atom. The molecule has 10 heteroatoms. The number of hydrogen-bond donors (Lipinski definition) is 1. The van der Waals surface area contributed by atoms with Crippen LogP contribution in [0.25, 0.3) is 10.8 Å². The van der Waals surface area contributed by atoms with E-state index < -0.39 is 45.6 Å². The molecule has 0 aliphatic carbocycles. The lowest BCUT2D eigenvalue weighted by atomic mass is 9.98. The number of sulfonamides is 1. The van der Waals surface area contributed by atoms with Crippen LogP contribution in [-0.4, -0.2) is 74.2 Å².